The Labute approximate surface area is 127 Å². The molecule has 0 radical (unpaired) electrons. The number of aliphatic hydroxyl groups is 1. The molecule has 2 aromatic rings. The Morgan fingerprint density at radius 1 is 1.30 bits per heavy atom. The minimum absolute atomic E-state index is 0.0670. The Balaban J connectivity index is 1.74. The van der Waals surface area contributed by atoms with Gasteiger partial charge in [0, 0.05) is 18.0 Å². The van der Waals surface area contributed by atoms with Gasteiger partial charge in [-0.05, 0) is 52.6 Å². The van der Waals surface area contributed by atoms with Crippen molar-refractivity contribution in [1.29, 1.82) is 0 Å². The van der Waals surface area contributed by atoms with Gasteiger partial charge in [0.05, 0.1) is 6.42 Å². The molecule has 1 amide bonds. The smallest absolute Gasteiger partial charge is 0.224 e. The van der Waals surface area contributed by atoms with E-state index in [-0.39, 0.29) is 12.5 Å². The van der Waals surface area contributed by atoms with Crippen molar-refractivity contribution in [1.82, 2.24) is 5.32 Å². The van der Waals surface area contributed by atoms with Crippen LogP contribution in [0.15, 0.2) is 34.3 Å². The predicted molar refractivity (Wildman–Crippen MR) is 84.4 cm³/mol. The first-order chi connectivity index (χ1) is 9.79. The number of hydrogen-bond donors (Lipinski definition) is 2. The lowest BCUT2D eigenvalue weighted by molar-refractivity contribution is -0.120. The molecule has 0 aliphatic carbocycles. The van der Waals surface area contributed by atoms with E-state index in [1.54, 1.807) is 22.7 Å². The fourth-order valence-electron chi connectivity index (χ4n) is 2.14. The normalized spacial score (nSPS) is 12.2. The minimum Gasteiger partial charge on any atom is -0.396 e. The van der Waals surface area contributed by atoms with E-state index in [1.165, 1.54) is 4.88 Å². The van der Waals surface area contributed by atoms with Gasteiger partial charge >= 0.3 is 0 Å². The largest absolute Gasteiger partial charge is 0.396 e. The lowest BCUT2D eigenvalue weighted by Crippen LogP contribution is -2.27. The first-order valence-corrected chi connectivity index (χ1v) is 8.54. The van der Waals surface area contributed by atoms with Crippen molar-refractivity contribution in [2.24, 2.45) is 0 Å². The van der Waals surface area contributed by atoms with E-state index in [2.05, 4.69) is 16.8 Å². The van der Waals surface area contributed by atoms with Gasteiger partial charge in [0.1, 0.15) is 0 Å². The van der Waals surface area contributed by atoms with E-state index in [4.69, 9.17) is 5.11 Å². The van der Waals surface area contributed by atoms with Crippen molar-refractivity contribution in [2.45, 2.75) is 25.2 Å². The quantitative estimate of drug-likeness (QED) is 0.787. The van der Waals surface area contributed by atoms with Crippen LogP contribution in [0.3, 0.4) is 0 Å². The van der Waals surface area contributed by atoms with Crippen molar-refractivity contribution in [3.63, 3.8) is 0 Å². The number of hydrogen-bond acceptors (Lipinski definition) is 4. The molecule has 2 rings (SSSR count). The molecule has 0 saturated heterocycles. The van der Waals surface area contributed by atoms with E-state index in [1.807, 2.05) is 22.9 Å². The summed E-state index contributed by atoms with van der Waals surface area (Å²) >= 11 is 3.32. The number of thiophene rings is 2. The van der Waals surface area contributed by atoms with Crippen molar-refractivity contribution in [2.75, 3.05) is 13.2 Å². The van der Waals surface area contributed by atoms with Gasteiger partial charge in [0.2, 0.25) is 5.91 Å². The monoisotopic (exact) mass is 309 g/mol. The predicted octanol–water partition coefficient (Wildman–Crippen LogP) is 3.02. The average Bonchev–Trinajstić information content (AvgIpc) is 3.10. The molecule has 2 N–H and O–H groups in total. The zero-order valence-electron chi connectivity index (χ0n) is 11.2. The van der Waals surface area contributed by atoms with Crippen molar-refractivity contribution < 1.29 is 9.90 Å². The number of aliphatic hydroxyl groups excluding tert-OH is 1. The summed E-state index contributed by atoms with van der Waals surface area (Å²) < 4.78 is 0. The molecule has 3 nitrogen and oxygen atoms in total. The van der Waals surface area contributed by atoms with Gasteiger partial charge in [-0.1, -0.05) is 6.07 Å². The summed E-state index contributed by atoms with van der Waals surface area (Å²) in [6.45, 7) is 0.844. The highest BCUT2D eigenvalue weighted by Gasteiger charge is 2.12. The highest BCUT2D eigenvalue weighted by Crippen LogP contribution is 2.26. The van der Waals surface area contributed by atoms with Crippen LogP contribution in [-0.4, -0.2) is 24.2 Å². The zero-order valence-corrected chi connectivity index (χ0v) is 12.9. The van der Waals surface area contributed by atoms with Gasteiger partial charge in [-0.25, -0.2) is 0 Å². The van der Waals surface area contributed by atoms with Crippen molar-refractivity contribution >= 4 is 28.6 Å². The zero-order chi connectivity index (χ0) is 14.2. The number of carbonyl (C=O) groups excluding carboxylic acids is 1. The molecule has 0 aromatic carbocycles. The molecular weight excluding hydrogens is 290 g/mol. The van der Waals surface area contributed by atoms with E-state index in [0.717, 1.165) is 18.4 Å². The Bertz CT molecular complexity index is 494. The second-order valence-electron chi connectivity index (χ2n) is 4.67. The molecule has 5 heteroatoms. The molecule has 108 valence electrons. The molecule has 0 fully saturated rings. The minimum atomic E-state index is 0.0670. The summed E-state index contributed by atoms with van der Waals surface area (Å²) in [5.74, 6) is 0.402. The molecule has 0 saturated carbocycles. The maximum atomic E-state index is 11.8. The third kappa shape index (κ3) is 4.74. The molecule has 0 spiro atoms. The molecule has 20 heavy (non-hydrogen) atoms. The summed E-state index contributed by atoms with van der Waals surface area (Å²) in [6.07, 6.45) is 2.07. The summed E-state index contributed by atoms with van der Waals surface area (Å²) in [6, 6.07) is 6.10. The van der Waals surface area contributed by atoms with Crippen LogP contribution in [0, 0.1) is 0 Å². The lowest BCUT2D eigenvalue weighted by Gasteiger charge is -2.14. The van der Waals surface area contributed by atoms with Crippen LogP contribution in [0.4, 0.5) is 0 Å². The maximum absolute atomic E-state index is 11.8. The molecule has 0 unspecified atom stereocenters. The molecule has 0 aliphatic heterocycles. The van der Waals surface area contributed by atoms with Gasteiger partial charge in [0.15, 0.2) is 0 Å². The molecular formula is C15H19NO2S2. The summed E-state index contributed by atoms with van der Waals surface area (Å²) in [5, 5.41) is 18.1. The van der Waals surface area contributed by atoms with E-state index < -0.39 is 0 Å². The van der Waals surface area contributed by atoms with Crippen LogP contribution in [0.1, 0.15) is 29.2 Å². The van der Waals surface area contributed by atoms with Crippen molar-refractivity contribution in [3.8, 4) is 0 Å². The van der Waals surface area contributed by atoms with E-state index >= 15 is 0 Å². The first kappa shape index (κ1) is 15.2. The number of nitrogens with one attached hydrogen (secondary N) is 1. The lowest BCUT2D eigenvalue weighted by atomic mass is 10.00. The van der Waals surface area contributed by atoms with Gasteiger partial charge in [0.25, 0.3) is 0 Å². The number of rotatable bonds is 8. The average molecular weight is 309 g/mol. The van der Waals surface area contributed by atoms with E-state index in [9.17, 15) is 4.79 Å². The molecule has 2 heterocycles. The van der Waals surface area contributed by atoms with Crippen LogP contribution in [0.25, 0.3) is 0 Å². The second kappa shape index (κ2) is 8.19. The molecule has 0 aliphatic rings. The topological polar surface area (TPSA) is 49.3 Å². The van der Waals surface area contributed by atoms with Gasteiger partial charge in [-0.15, -0.1) is 11.3 Å². The third-order valence-electron chi connectivity index (χ3n) is 3.18. The number of carbonyl (C=O) groups is 1. The molecule has 0 bridgehead atoms. The molecule has 1 atom stereocenters. The van der Waals surface area contributed by atoms with Crippen LogP contribution in [0.5, 0.6) is 0 Å². The van der Waals surface area contributed by atoms with Crippen LogP contribution in [-0.2, 0) is 11.2 Å². The first-order valence-electron chi connectivity index (χ1n) is 6.71. The fourth-order valence-corrected chi connectivity index (χ4v) is 3.70. The van der Waals surface area contributed by atoms with Gasteiger partial charge in [-0.2, -0.15) is 11.3 Å². The second-order valence-corrected chi connectivity index (χ2v) is 6.43. The molecule has 2 aromatic heterocycles. The Hall–Kier alpha value is -1.17. The highest BCUT2D eigenvalue weighted by molar-refractivity contribution is 7.10. The van der Waals surface area contributed by atoms with Crippen molar-refractivity contribution in [3.05, 3.63) is 44.8 Å². The summed E-state index contributed by atoms with van der Waals surface area (Å²) in [4.78, 5) is 13.1. The van der Waals surface area contributed by atoms with E-state index in [0.29, 0.717) is 18.9 Å². The SMILES string of the molecule is O=C(Cc1ccsc1)NCC[C@H](CCO)c1cccs1. The Morgan fingerprint density at radius 2 is 2.20 bits per heavy atom. The van der Waals surface area contributed by atoms with Gasteiger partial charge < -0.3 is 10.4 Å². The Morgan fingerprint density at radius 3 is 2.85 bits per heavy atom. The summed E-state index contributed by atoms with van der Waals surface area (Å²) in [5.41, 5.74) is 1.07. The van der Waals surface area contributed by atoms with Crippen LogP contribution < -0.4 is 5.32 Å². The summed E-state index contributed by atoms with van der Waals surface area (Å²) in [7, 11) is 0. The van der Waals surface area contributed by atoms with Crippen LogP contribution in [0.2, 0.25) is 0 Å². The fraction of sp³-hybridized carbons (Fsp3) is 0.400. The highest BCUT2D eigenvalue weighted by atomic mass is 32.1. The van der Waals surface area contributed by atoms with Gasteiger partial charge in [-0.3, -0.25) is 4.79 Å². The standard InChI is InChI=1S/C15H19NO2S2/c17-7-4-13(14-2-1-8-20-14)3-6-16-15(18)10-12-5-9-19-11-12/h1-2,5,8-9,11,13,17H,3-4,6-7,10H2,(H,16,18)/t13-/m1/s1. The van der Waals surface area contributed by atoms with Crippen LogP contribution >= 0.6 is 22.7 Å². The maximum Gasteiger partial charge on any atom is 0.224 e. The number of amides is 1. The third-order valence-corrected chi connectivity index (χ3v) is 4.95. The Kier molecular flexibility index (Phi) is 6.24.